The molecule has 4 nitrogen and oxygen atoms in total. The molecule has 0 atom stereocenters. The highest BCUT2D eigenvalue weighted by Gasteiger charge is 2.10. The molecule has 0 unspecified atom stereocenters. The highest BCUT2D eigenvalue weighted by molar-refractivity contribution is 6.34. The number of aromatic nitrogens is 2. The van der Waals surface area contributed by atoms with Crippen LogP contribution < -0.4 is 0 Å². The second-order valence-corrected chi connectivity index (χ2v) is 3.09. The highest BCUT2D eigenvalue weighted by atomic mass is 35.5. The number of halogens is 1. The molecule has 70 valence electrons. The summed E-state index contributed by atoms with van der Waals surface area (Å²) in [5.41, 5.74) is 1.15. The normalized spacial score (nSPS) is 10.4. The van der Waals surface area contributed by atoms with Gasteiger partial charge in [-0.05, 0) is 12.1 Å². The average molecular weight is 209 g/mol. The lowest BCUT2D eigenvalue weighted by molar-refractivity contribution is 0.0697. The van der Waals surface area contributed by atoms with Gasteiger partial charge in [-0.15, -0.1) is 0 Å². The Bertz CT molecular complexity index is 513. The van der Waals surface area contributed by atoms with Gasteiger partial charge in [0.25, 0.3) is 0 Å². The summed E-state index contributed by atoms with van der Waals surface area (Å²) in [6.45, 7) is 0. The lowest BCUT2D eigenvalue weighted by Crippen LogP contribution is -1.98. The van der Waals surface area contributed by atoms with Crippen LogP contribution in [0.15, 0.2) is 24.5 Å². The van der Waals surface area contributed by atoms with Crippen LogP contribution in [0.2, 0.25) is 5.02 Å². The zero-order valence-corrected chi connectivity index (χ0v) is 7.69. The number of hydrogen-bond donors (Lipinski definition) is 1. The topological polar surface area (TPSA) is 63.1 Å². The molecule has 0 amide bonds. The van der Waals surface area contributed by atoms with E-state index in [-0.39, 0.29) is 10.6 Å². The molecule has 0 bridgehead atoms. The van der Waals surface area contributed by atoms with Crippen LogP contribution in [-0.4, -0.2) is 21.0 Å². The first kappa shape index (κ1) is 8.90. The first-order valence-corrected chi connectivity index (χ1v) is 4.20. The zero-order valence-electron chi connectivity index (χ0n) is 6.94. The van der Waals surface area contributed by atoms with E-state index in [2.05, 4.69) is 9.97 Å². The molecular formula is C9H5ClN2O2. The average Bonchev–Trinajstić information content (AvgIpc) is 2.16. The molecule has 2 aromatic rings. The van der Waals surface area contributed by atoms with E-state index in [9.17, 15) is 4.79 Å². The van der Waals surface area contributed by atoms with Crippen molar-refractivity contribution in [1.29, 1.82) is 0 Å². The first-order chi connectivity index (χ1) is 6.68. The molecule has 0 spiro atoms. The zero-order chi connectivity index (χ0) is 10.1. The third-order valence-corrected chi connectivity index (χ3v) is 2.10. The van der Waals surface area contributed by atoms with Crippen LogP contribution in [0.4, 0.5) is 0 Å². The van der Waals surface area contributed by atoms with Crippen molar-refractivity contribution in [3.05, 3.63) is 35.1 Å². The van der Waals surface area contributed by atoms with Gasteiger partial charge in [0.2, 0.25) is 0 Å². The molecular weight excluding hydrogens is 204 g/mol. The Balaban J connectivity index is 2.77. The van der Waals surface area contributed by atoms with E-state index >= 15 is 0 Å². The van der Waals surface area contributed by atoms with E-state index in [1.807, 2.05) is 0 Å². The standard InChI is InChI=1S/C9H5ClN2O2/c10-6-4-8-7(11-1-2-12-8)3-5(6)9(13)14/h1-4H,(H,13,14). The maximum absolute atomic E-state index is 10.7. The molecule has 0 fully saturated rings. The molecule has 0 saturated carbocycles. The van der Waals surface area contributed by atoms with Crippen LogP contribution in [-0.2, 0) is 0 Å². The Labute approximate surface area is 84.2 Å². The summed E-state index contributed by atoms with van der Waals surface area (Å²) in [5, 5.41) is 8.96. The summed E-state index contributed by atoms with van der Waals surface area (Å²) >= 11 is 5.75. The van der Waals surface area contributed by atoms with Crippen molar-refractivity contribution in [2.24, 2.45) is 0 Å². The molecule has 1 aromatic heterocycles. The second-order valence-electron chi connectivity index (χ2n) is 2.68. The van der Waals surface area contributed by atoms with Gasteiger partial charge in [-0.1, -0.05) is 11.6 Å². The van der Waals surface area contributed by atoms with E-state index < -0.39 is 5.97 Å². The molecule has 1 N–H and O–H groups in total. The van der Waals surface area contributed by atoms with E-state index in [4.69, 9.17) is 16.7 Å². The Morgan fingerprint density at radius 1 is 1.21 bits per heavy atom. The van der Waals surface area contributed by atoms with Gasteiger partial charge in [0.15, 0.2) is 0 Å². The molecule has 1 heterocycles. The predicted molar refractivity (Wildman–Crippen MR) is 51.5 cm³/mol. The summed E-state index contributed by atoms with van der Waals surface area (Å²) in [7, 11) is 0. The highest BCUT2D eigenvalue weighted by Crippen LogP contribution is 2.21. The smallest absolute Gasteiger partial charge is 0.337 e. The molecule has 0 aliphatic heterocycles. The van der Waals surface area contributed by atoms with Crippen molar-refractivity contribution in [1.82, 2.24) is 9.97 Å². The summed E-state index contributed by atoms with van der Waals surface area (Å²) in [6.07, 6.45) is 3.03. The summed E-state index contributed by atoms with van der Waals surface area (Å²) in [5.74, 6) is -1.07. The second kappa shape index (κ2) is 3.23. The quantitative estimate of drug-likeness (QED) is 0.779. The molecule has 14 heavy (non-hydrogen) atoms. The third kappa shape index (κ3) is 1.40. The number of carboxylic acids is 1. The van der Waals surface area contributed by atoms with Crippen molar-refractivity contribution in [2.75, 3.05) is 0 Å². The number of carbonyl (C=O) groups is 1. The van der Waals surface area contributed by atoms with Crippen LogP contribution in [0.3, 0.4) is 0 Å². The lowest BCUT2D eigenvalue weighted by atomic mass is 10.2. The Hall–Kier alpha value is -1.68. The fourth-order valence-electron chi connectivity index (χ4n) is 1.15. The molecule has 0 aliphatic rings. The number of nitrogens with zero attached hydrogens (tertiary/aromatic N) is 2. The van der Waals surface area contributed by atoms with Crippen molar-refractivity contribution >= 4 is 28.6 Å². The van der Waals surface area contributed by atoms with Crippen LogP contribution in [0.5, 0.6) is 0 Å². The lowest BCUT2D eigenvalue weighted by Gasteiger charge is -2.00. The van der Waals surface area contributed by atoms with E-state index in [1.54, 1.807) is 0 Å². The van der Waals surface area contributed by atoms with E-state index in [1.165, 1.54) is 24.5 Å². The number of hydrogen-bond acceptors (Lipinski definition) is 3. The number of benzene rings is 1. The maximum Gasteiger partial charge on any atom is 0.337 e. The molecule has 5 heteroatoms. The van der Waals surface area contributed by atoms with Gasteiger partial charge in [0, 0.05) is 12.4 Å². The van der Waals surface area contributed by atoms with Crippen molar-refractivity contribution in [3.8, 4) is 0 Å². The minimum Gasteiger partial charge on any atom is -0.478 e. The van der Waals surface area contributed by atoms with Gasteiger partial charge >= 0.3 is 5.97 Å². The summed E-state index contributed by atoms with van der Waals surface area (Å²) in [4.78, 5) is 18.7. The molecule has 0 radical (unpaired) electrons. The monoisotopic (exact) mass is 208 g/mol. The maximum atomic E-state index is 10.7. The Morgan fingerprint density at radius 3 is 2.36 bits per heavy atom. The van der Waals surface area contributed by atoms with Crippen LogP contribution >= 0.6 is 11.6 Å². The van der Waals surface area contributed by atoms with Crippen LogP contribution in [0, 0.1) is 0 Å². The predicted octanol–water partition coefficient (Wildman–Crippen LogP) is 1.98. The molecule has 0 saturated heterocycles. The van der Waals surface area contributed by atoms with Crippen molar-refractivity contribution in [2.45, 2.75) is 0 Å². The largest absolute Gasteiger partial charge is 0.478 e. The number of aromatic carboxylic acids is 1. The molecule has 1 aromatic carbocycles. The fraction of sp³-hybridized carbons (Fsp3) is 0. The molecule has 2 rings (SSSR count). The van der Waals surface area contributed by atoms with Gasteiger partial charge in [0.1, 0.15) is 0 Å². The van der Waals surface area contributed by atoms with E-state index in [0.29, 0.717) is 11.0 Å². The van der Waals surface area contributed by atoms with Crippen molar-refractivity contribution in [3.63, 3.8) is 0 Å². The van der Waals surface area contributed by atoms with Crippen molar-refractivity contribution < 1.29 is 9.90 Å². The number of rotatable bonds is 1. The third-order valence-electron chi connectivity index (χ3n) is 1.79. The van der Waals surface area contributed by atoms with Gasteiger partial charge in [0.05, 0.1) is 21.6 Å². The minimum absolute atomic E-state index is 0.0414. The number of fused-ring (bicyclic) bond motifs is 1. The minimum atomic E-state index is -1.07. The first-order valence-electron chi connectivity index (χ1n) is 3.82. The Morgan fingerprint density at radius 2 is 1.79 bits per heavy atom. The SMILES string of the molecule is O=C(O)c1cc2nccnc2cc1Cl. The van der Waals surface area contributed by atoms with Crippen LogP contribution in [0.25, 0.3) is 11.0 Å². The van der Waals surface area contributed by atoms with E-state index in [0.717, 1.165) is 0 Å². The summed E-state index contributed by atoms with van der Waals surface area (Å²) < 4.78 is 0. The van der Waals surface area contributed by atoms with Gasteiger partial charge in [-0.2, -0.15) is 0 Å². The van der Waals surface area contributed by atoms with Gasteiger partial charge < -0.3 is 5.11 Å². The molecule has 0 aliphatic carbocycles. The summed E-state index contributed by atoms with van der Waals surface area (Å²) in [6, 6.07) is 2.90. The van der Waals surface area contributed by atoms with Gasteiger partial charge in [-0.3, -0.25) is 9.97 Å². The number of carboxylic acid groups (broad SMARTS) is 1. The Kier molecular flexibility index (Phi) is 2.05. The van der Waals surface area contributed by atoms with Gasteiger partial charge in [-0.25, -0.2) is 4.79 Å². The van der Waals surface area contributed by atoms with Crippen LogP contribution in [0.1, 0.15) is 10.4 Å². The fourth-order valence-corrected chi connectivity index (χ4v) is 1.39.